The van der Waals surface area contributed by atoms with E-state index >= 15 is 0 Å². The zero-order valence-corrected chi connectivity index (χ0v) is 18.4. The molecule has 0 radical (unpaired) electrons. The fourth-order valence-electron chi connectivity index (χ4n) is 4.03. The molecule has 0 aliphatic carbocycles. The van der Waals surface area contributed by atoms with Gasteiger partial charge < -0.3 is 19.5 Å². The van der Waals surface area contributed by atoms with E-state index in [1.54, 1.807) is 0 Å². The van der Waals surface area contributed by atoms with Crippen molar-refractivity contribution < 1.29 is 19.0 Å². The fraction of sp³-hybridized carbons (Fsp3) is 0.435. The SMILES string of the molecule is CC(C)(CNC(=O)C1(c2ccc(Br)cc2)CCOCC1)c1ccc2c(c1)OCO2. The molecule has 1 saturated heterocycles. The molecule has 2 aliphatic heterocycles. The number of hydrogen-bond acceptors (Lipinski definition) is 4. The smallest absolute Gasteiger partial charge is 0.231 e. The molecule has 0 spiro atoms. The van der Waals surface area contributed by atoms with Crippen molar-refractivity contribution in [3.63, 3.8) is 0 Å². The Balaban J connectivity index is 1.52. The Morgan fingerprint density at radius 3 is 2.48 bits per heavy atom. The summed E-state index contributed by atoms with van der Waals surface area (Å²) >= 11 is 3.48. The van der Waals surface area contributed by atoms with Crippen molar-refractivity contribution in [3.05, 3.63) is 58.1 Å². The van der Waals surface area contributed by atoms with Crippen LogP contribution in [0.3, 0.4) is 0 Å². The molecule has 2 aromatic rings. The molecule has 0 aromatic heterocycles. The largest absolute Gasteiger partial charge is 0.454 e. The van der Waals surface area contributed by atoms with Gasteiger partial charge >= 0.3 is 0 Å². The molecule has 29 heavy (non-hydrogen) atoms. The predicted octanol–water partition coefficient (Wildman–Crippen LogP) is 4.32. The minimum Gasteiger partial charge on any atom is -0.454 e. The second-order valence-electron chi connectivity index (χ2n) is 8.34. The van der Waals surface area contributed by atoms with Gasteiger partial charge in [-0.3, -0.25) is 4.79 Å². The van der Waals surface area contributed by atoms with E-state index in [0.29, 0.717) is 32.6 Å². The molecule has 0 unspecified atom stereocenters. The Morgan fingerprint density at radius 2 is 1.76 bits per heavy atom. The van der Waals surface area contributed by atoms with E-state index in [1.807, 2.05) is 42.5 Å². The first-order valence-corrected chi connectivity index (χ1v) is 10.7. The zero-order chi connectivity index (χ0) is 20.5. The van der Waals surface area contributed by atoms with Crippen LogP contribution < -0.4 is 14.8 Å². The number of hydrogen-bond donors (Lipinski definition) is 1. The summed E-state index contributed by atoms with van der Waals surface area (Å²) in [5.41, 5.74) is 1.35. The van der Waals surface area contributed by atoms with Gasteiger partial charge in [0.2, 0.25) is 12.7 Å². The van der Waals surface area contributed by atoms with Gasteiger partial charge in [0.05, 0.1) is 5.41 Å². The molecular formula is C23H26BrNO4. The number of rotatable bonds is 5. The first kappa shape index (κ1) is 20.2. The number of benzene rings is 2. The van der Waals surface area contributed by atoms with E-state index in [2.05, 4.69) is 35.1 Å². The minimum atomic E-state index is -0.552. The molecular weight excluding hydrogens is 434 g/mol. The Hall–Kier alpha value is -2.05. The van der Waals surface area contributed by atoms with Crippen LogP contribution >= 0.6 is 15.9 Å². The number of amides is 1. The van der Waals surface area contributed by atoms with Gasteiger partial charge in [0.15, 0.2) is 11.5 Å². The fourth-order valence-corrected chi connectivity index (χ4v) is 4.29. The molecule has 5 nitrogen and oxygen atoms in total. The average molecular weight is 460 g/mol. The molecule has 4 rings (SSSR count). The second-order valence-corrected chi connectivity index (χ2v) is 9.25. The van der Waals surface area contributed by atoms with Gasteiger partial charge in [-0.15, -0.1) is 0 Å². The number of ether oxygens (including phenoxy) is 3. The van der Waals surface area contributed by atoms with E-state index in [-0.39, 0.29) is 18.1 Å². The van der Waals surface area contributed by atoms with Gasteiger partial charge in [-0.2, -0.15) is 0 Å². The average Bonchev–Trinajstić information content (AvgIpc) is 3.21. The van der Waals surface area contributed by atoms with Gasteiger partial charge in [0.1, 0.15) is 0 Å². The highest BCUT2D eigenvalue weighted by Crippen LogP contribution is 2.38. The van der Waals surface area contributed by atoms with E-state index in [9.17, 15) is 4.79 Å². The van der Waals surface area contributed by atoms with E-state index in [0.717, 1.165) is 27.1 Å². The minimum absolute atomic E-state index is 0.0666. The predicted molar refractivity (Wildman–Crippen MR) is 114 cm³/mol. The Morgan fingerprint density at radius 1 is 1.07 bits per heavy atom. The maximum atomic E-state index is 13.4. The molecule has 1 N–H and O–H groups in total. The number of fused-ring (bicyclic) bond motifs is 1. The summed E-state index contributed by atoms with van der Waals surface area (Å²) in [5, 5.41) is 3.23. The topological polar surface area (TPSA) is 56.8 Å². The third-order valence-corrected chi connectivity index (χ3v) is 6.55. The van der Waals surface area contributed by atoms with Gasteiger partial charge in [-0.25, -0.2) is 0 Å². The van der Waals surface area contributed by atoms with Crippen molar-refractivity contribution in [2.24, 2.45) is 0 Å². The van der Waals surface area contributed by atoms with Crippen LogP contribution in [0.4, 0.5) is 0 Å². The van der Waals surface area contributed by atoms with Crippen LogP contribution in [0.15, 0.2) is 46.9 Å². The van der Waals surface area contributed by atoms with Gasteiger partial charge in [-0.1, -0.05) is 48.0 Å². The van der Waals surface area contributed by atoms with Crippen molar-refractivity contribution in [1.29, 1.82) is 0 Å². The highest BCUT2D eigenvalue weighted by atomic mass is 79.9. The van der Waals surface area contributed by atoms with Crippen LogP contribution in [-0.4, -0.2) is 32.5 Å². The van der Waals surface area contributed by atoms with Crippen LogP contribution in [0.5, 0.6) is 11.5 Å². The molecule has 0 saturated carbocycles. The molecule has 154 valence electrons. The van der Waals surface area contributed by atoms with Gasteiger partial charge in [-0.05, 0) is 48.2 Å². The first-order valence-electron chi connectivity index (χ1n) is 9.93. The van der Waals surface area contributed by atoms with Crippen molar-refractivity contribution in [3.8, 4) is 11.5 Å². The second kappa shape index (κ2) is 8.00. The lowest BCUT2D eigenvalue weighted by atomic mass is 9.73. The normalized spacial score (nSPS) is 17.8. The number of nitrogens with one attached hydrogen (secondary N) is 1. The van der Waals surface area contributed by atoms with Crippen LogP contribution in [0, 0.1) is 0 Å². The zero-order valence-electron chi connectivity index (χ0n) is 16.8. The van der Waals surface area contributed by atoms with Crippen LogP contribution in [0.1, 0.15) is 37.8 Å². The molecule has 1 amide bonds. The summed E-state index contributed by atoms with van der Waals surface area (Å²) in [6.45, 7) is 6.23. The first-order chi connectivity index (χ1) is 13.9. The summed E-state index contributed by atoms with van der Waals surface area (Å²) in [6.07, 6.45) is 1.37. The lowest BCUT2D eigenvalue weighted by molar-refractivity contribution is -0.130. The number of carbonyl (C=O) groups is 1. The third kappa shape index (κ3) is 4.01. The lowest BCUT2D eigenvalue weighted by Gasteiger charge is -2.37. The standard InChI is InChI=1S/C23H26BrNO4/c1-22(2,17-5-8-19-20(13-17)29-15-28-19)14-25-21(26)23(9-11-27-12-10-23)16-3-6-18(24)7-4-16/h3-8,13H,9-12,14-15H2,1-2H3,(H,25,26). The number of halogens is 1. The van der Waals surface area contributed by atoms with Crippen LogP contribution in [-0.2, 0) is 20.4 Å². The molecule has 2 aliphatic rings. The summed E-state index contributed by atoms with van der Waals surface area (Å²) in [7, 11) is 0. The molecule has 2 heterocycles. The van der Waals surface area contributed by atoms with E-state index in [1.165, 1.54) is 0 Å². The quantitative estimate of drug-likeness (QED) is 0.722. The van der Waals surface area contributed by atoms with E-state index in [4.69, 9.17) is 14.2 Å². The van der Waals surface area contributed by atoms with Crippen molar-refractivity contribution in [1.82, 2.24) is 5.32 Å². The van der Waals surface area contributed by atoms with Crippen molar-refractivity contribution >= 4 is 21.8 Å². The maximum absolute atomic E-state index is 13.4. The number of carbonyl (C=O) groups excluding carboxylic acids is 1. The van der Waals surface area contributed by atoms with Gasteiger partial charge in [0, 0.05) is 29.6 Å². The highest BCUT2D eigenvalue weighted by molar-refractivity contribution is 9.10. The molecule has 1 fully saturated rings. The maximum Gasteiger partial charge on any atom is 0.231 e. The monoisotopic (exact) mass is 459 g/mol. The van der Waals surface area contributed by atoms with E-state index < -0.39 is 5.41 Å². The lowest BCUT2D eigenvalue weighted by Crippen LogP contribution is -2.50. The molecule has 0 atom stereocenters. The summed E-state index contributed by atoms with van der Waals surface area (Å²) in [6, 6.07) is 14.1. The molecule has 2 aromatic carbocycles. The van der Waals surface area contributed by atoms with Crippen LogP contribution in [0.2, 0.25) is 0 Å². The summed E-state index contributed by atoms with van der Waals surface area (Å²) < 4.78 is 17.5. The summed E-state index contributed by atoms with van der Waals surface area (Å²) in [4.78, 5) is 13.4. The molecule has 0 bridgehead atoms. The Bertz CT molecular complexity index is 888. The third-order valence-electron chi connectivity index (χ3n) is 6.02. The highest BCUT2D eigenvalue weighted by Gasteiger charge is 2.42. The summed E-state index contributed by atoms with van der Waals surface area (Å²) in [5.74, 6) is 1.60. The van der Waals surface area contributed by atoms with Crippen molar-refractivity contribution in [2.75, 3.05) is 26.6 Å². The van der Waals surface area contributed by atoms with Gasteiger partial charge in [0.25, 0.3) is 0 Å². The van der Waals surface area contributed by atoms with Crippen molar-refractivity contribution in [2.45, 2.75) is 37.5 Å². The Labute approximate surface area is 179 Å². The Kier molecular flexibility index (Phi) is 5.58. The van der Waals surface area contributed by atoms with Crippen LogP contribution in [0.25, 0.3) is 0 Å². The molecule has 6 heteroatoms.